The summed E-state index contributed by atoms with van der Waals surface area (Å²) in [6, 6.07) is 14.6. The van der Waals surface area contributed by atoms with E-state index in [4.69, 9.17) is 32.7 Å². The number of hydrogen-bond donors (Lipinski definition) is 1. The fraction of sp³-hybridized carbons (Fsp3) is 0.148. The van der Waals surface area contributed by atoms with Gasteiger partial charge < -0.3 is 9.47 Å². The molecular weight excluding hydrogens is 583 g/mol. The largest absolute Gasteiger partial charge is 0.490 e. The Kier molecular flexibility index (Phi) is 8.22. The maximum Gasteiger partial charge on any atom is 0.335 e. The highest BCUT2D eigenvalue weighted by Gasteiger charge is 2.37. The lowest BCUT2D eigenvalue weighted by atomic mass is 10.1. The predicted molar refractivity (Wildman–Crippen MR) is 146 cm³/mol. The Labute approximate surface area is 232 Å². The van der Waals surface area contributed by atoms with E-state index in [1.54, 1.807) is 43.3 Å². The van der Waals surface area contributed by atoms with Gasteiger partial charge in [0.05, 0.1) is 17.3 Å². The van der Waals surface area contributed by atoms with Crippen molar-refractivity contribution in [2.24, 2.45) is 0 Å². The van der Waals surface area contributed by atoms with E-state index in [2.05, 4.69) is 21.2 Å². The number of carbonyl (C=O) groups is 3. The molecule has 0 bridgehead atoms. The van der Waals surface area contributed by atoms with Gasteiger partial charge in [0.2, 0.25) is 0 Å². The molecule has 0 spiro atoms. The highest BCUT2D eigenvalue weighted by molar-refractivity contribution is 9.10. The van der Waals surface area contributed by atoms with Crippen molar-refractivity contribution in [3.8, 4) is 11.5 Å². The Morgan fingerprint density at radius 2 is 1.76 bits per heavy atom. The Morgan fingerprint density at radius 1 is 1.00 bits per heavy atom. The van der Waals surface area contributed by atoms with Crippen molar-refractivity contribution in [3.63, 3.8) is 0 Å². The van der Waals surface area contributed by atoms with Gasteiger partial charge in [-0.2, -0.15) is 0 Å². The minimum atomic E-state index is -0.828. The molecule has 1 N–H and O–H groups in total. The summed E-state index contributed by atoms with van der Waals surface area (Å²) < 4.78 is 12.5. The highest BCUT2D eigenvalue weighted by atomic mass is 79.9. The third-order valence-corrected chi connectivity index (χ3v) is 7.01. The van der Waals surface area contributed by atoms with Crippen molar-refractivity contribution in [1.82, 2.24) is 5.32 Å². The summed E-state index contributed by atoms with van der Waals surface area (Å²) in [6.45, 7) is 4.11. The van der Waals surface area contributed by atoms with E-state index < -0.39 is 17.8 Å². The molecule has 0 atom stereocenters. The molecule has 0 unspecified atom stereocenters. The van der Waals surface area contributed by atoms with Gasteiger partial charge in [-0.1, -0.05) is 57.3 Å². The minimum Gasteiger partial charge on any atom is -0.490 e. The molecule has 1 aliphatic rings. The number of amides is 4. The first-order chi connectivity index (χ1) is 17.7. The van der Waals surface area contributed by atoms with Crippen molar-refractivity contribution in [1.29, 1.82) is 0 Å². The van der Waals surface area contributed by atoms with Crippen molar-refractivity contribution in [2.75, 3.05) is 11.5 Å². The lowest BCUT2D eigenvalue weighted by Gasteiger charge is -2.26. The summed E-state index contributed by atoms with van der Waals surface area (Å²) in [5.74, 6) is -0.946. The van der Waals surface area contributed by atoms with Crippen molar-refractivity contribution in [3.05, 3.63) is 91.4 Å². The third-order valence-electron chi connectivity index (χ3n) is 5.47. The number of rotatable bonds is 7. The van der Waals surface area contributed by atoms with Crippen LogP contribution in [-0.2, 0) is 16.2 Å². The zero-order valence-electron chi connectivity index (χ0n) is 19.8. The number of carbonyl (C=O) groups excluding carboxylic acids is 3. The monoisotopic (exact) mass is 602 g/mol. The summed E-state index contributed by atoms with van der Waals surface area (Å²) in [4.78, 5) is 39.3. The number of hydrogen-bond acceptors (Lipinski definition) is 5. The van der Waals surface area contributed by atoms with Crippen LogP contribution in [0.4, 0.5) is 10.5 Å². The number of ether oxygens (including phenoxy) is 2. The van der Waals surface area contributed by atoms with Gasteiger partial charge in [0.1, 0.15) is 12.2 Å². The van der Waals surface area contributed by atoms with Gasteiger partial charge in [0.15, 0.2) is 11.5 Å². The van der Waals surface area contributed by atoms with Crippen LogP contribution in [0.3, 0.4) is 0 Å². The number of nitrogens with one attached hydrogen (secondary N) is 1. The Morgan fingerprint density at radius 3 is 2.46 bits per heavy atom. The first kappa shape index (κ1) is 26.7. The molecule has 37 heavy (non-hydrogen) atoms. The first-order valence-electron chi connectivity index (χ1n) is 11.2. The van der Waals surface area contributed by atoms with Crippen LogP contribution in [0, 0.1) is 6.92 Å². The molecule has 3 aromatic carbocycles. The average Bonchev–Trinajstić information content (AvgIpc) is 2.84. The summed E-state index contributed by atoms with van der Waals surface area (Å²) in [6.07, 6.45) is 1.36. The van der Waals surface area contributed by atoms with Crippen LogP contribution in [0.1, 0.15) is 23.6 Å². The fourth-order valence-corrected chi connectivity index (χ4v) is 4.38. The van der Waals surface area contributed by atoms with Crippen LogP contribution in [-0.4, -0.2) is 24.5 Å². The second-order valence-corrected chi connectivity index (χ2v) is 9.70. The second-order valence-electron chi connectivity index (χ2n) is 8.03. The molecule has 4 amide bonds. The van der Waals surface area contributed by atoms with Crippen LogP contribution in [0.15, 0.2) is 64.6 Å². The second kappa shape index (κ2) is 11.4. The van der Waals surface area contributed by atoms with E-state index >= 15 is 0 Å². The van der Waals surface area contributed by atoms with E-state index in [1.807, 2.05) is 25.1 Å². The van der Waals surface area contributed by atoms with E-state index in [0.717, 1.165) is 20.5 Å². The quantitative estimate of drug-likeness (QED) is 0.240. The number of benzene rings is 3. The van der Waals surface area contributed by atoms with Crippen LogP contribution in [0.25, 0.3) is 6.08 Å². The lowest BCUT2D eigenvalue weighted by molar-refractivity contribution is -0.122. The van der Waals surface area contributed by atoms with Gasteiger partial charge in [0, 0.05) is 15.1 Å². The van der Waals surface area contributed by atoms with Crippen LogP contribution >= 0.6 is 39.1 Å². The maximum atomic E-state index is 13.3. The summed E-state index contributed by atoms with van der Waals surface area (Å²) in [5, 5.41) is 2.99. The molecule has 7 nitrogen and oxygen atoms in total. The van der Waals surface area contributed by atoms with Gasteiger partial charge in [0.25, 0.3) is 11.8 Å². The molecule has 10 heteroatoms. The van der Waals surface area contributed by atoms with Crippen molar-refractivity contribution >= 4 is 68.7 Å². The zero-order chi connectivity index (χ0) is 26.7. The standard InChI is InChI=1S/C27H21BrCl2N2O5/c1-3-36-23-13-16(12-22(30)24(23)37-14-17-6-4-5-7-21(17)29)11-19-25(33)31-27(35)32(26(19)34)18-8-9-20(28)15(2)10-18/h4-13H,3,14H2,1-2H3,(H,31,33,35)/b19-11+. The molecule has 190 valence electrons. The molecule has 1 aliphatic heterocycles. The first-order valence-corrected chi connectivity index (χ1v) is 12.7. The van der Waals surface area contributed by atoms with E-state index in [9.17, 15) is 14.4 Å². The maximum absolute atomic E-state index is 13.3. The van der Waals surface area contributed by atoms with E-state index in [-0.39, 0.29) is 17.2 Å². The minimum absolute atomic E-state index is 0.157. The van der Waals surface area contributed by atoms with Gasteiger partial charge in [-0.15, -0.1) is 0 Å². The highest BCUT2D eigenvalue weighted by Crippen LogP contribution is 2.38. The number of nitrogens with zero attached hydrogens (tertiary/aromatic N) is 1. The van der Waals surface area contributed by atoms with Gasteiger partial charge >= 0.3 is 6.03 Å². The topological polar surface area (TPSA) is 84.9 Å². The molecule has 1 saturated heterocycles. The third kappa shape index (κ3) is 5.82. The normalized spacial score (nSPS) is 14.7. The number of urea groups is 1. The molecule has 0 aliphatic carbocycles. The molecule has 4 rings (SSSR count). The molecule has 0 radical (unpaired) electrons. The number of halogens is 3. The Balaban J connectivity index is 1.67. The Hall–Kier alpha value is -3.33. The Bertz CT molecular complexity index is 1440. The van der Waals surface area contributed by atoms with Crippen LogP contribution in [0.5, 0.6) is 11.5 Å². The van der Waals surface area contributed by atoms with Gasteiger partial charge in [-0.3, -0.25) is 14.9 Å². The average molecular weight is 604 g/mol. The predicted octanol–water partition coefficient (Wildman–Crippen LogP) is 6.71. The number of anilines is 1. The fourth-order valence-electron chi connectivity index (χ4n) is 3.67. The molecular formula is C27H21BrCl2N2O5. The summed E-state index contributed by atoms with van der Waals surface area (Å²) in [5.41, 5.74) is 2.10. The van der Waals surface area contributed by atoms with Crippen molar-refractivity contribution in [2.45, 2.75) is 20.5 Å². The SMILES string of the molecule is CCOc1cc(/C=C2\C(=O)NC(=O)N(c3ccc(Br)c(C)c3)C2=O)cc(Cl)c1OCc1ccccc1Cl. The summed E-state index contributed by atoms with van der Waals surface area (Å²) >= 11 is 16.1. The lowest BCUT2D eigenvalue weighted by Crippen LogP contribution is -2.54. The number of barbiturate groups is 1. The zero-order valence-corrected chi connectivity index (χ0v) is 22.9. The van der Waals surface area contributed by atoms with Crippen molar-refractivity contribution < 1.29 is 23.9 Å². The molecule has 0 aromatic heterocycles. The van der Waals surface area contributed by atoms with E-state index in [1.165, 1.54) is 6.08 Å². The molecule has 3 aromatic rings. The number of aryl methyl sites for hydroxylation is 1. The van der Waals surface area contributed by atoms with Crippen LogP contribution in [0.2, 0.25) is 10.0 Å². The smallest absolute Gasteiger partial charge is 0.335 e. The molecule has 1 fully saturated rings. The van der Waals surface area contributed by atoms with Gasteiger partial charge in [-0.25, -0.2) is 9.69 Å². The summed E-state index contributed by atoms with van der Waals surface area (Å²) in [7, 11) is 0. The number of imide groups is 2. The van der Waals surface area contributed by atoms with Gasteiger partial charge in [-0.05, 0) is 67.4 Å². The molecule has 1 heterocycles. The van der Waals surface area contributed by atoms with E-state index in [0.29, 0.717) is 34.4 Å². The molecule has 0 saturated carbocycles. The van der Waals surface area contributed by atoms with Crippen LogP contribution < -0.4 is 19.7 Å².